The highest BCUT2D eigenvalue weighted by atomic mass is 32.1. The van der Waals surface area contributed by atoms with Gasteiger partial charge in [-0.1, -0.05) is 12.1 Å². The largest absolute Gasteiger partial charge is 0.313 e. The fourth-order valence-corrected chi connectivity index (χ4v) is 2.42. The van der Waals surface area contributed by atoms with E-state index in [0.29, 0.717) is 13.0 Å². The van der Waals surface area contributed by atoms with Crippen LogP contribution in [-0.4, -0.2) is 24.4 Å². The zero-order valence-electron chi connectivity index (χ0n) is 8.49. The number of thiazole rings is 1. The smallest absolute Gasteiger partial charge is 0.153 e. The van der Waals surface area contributed by atoms with Crippen molar-refractivity contribution < 1.29 is 4.79 Å². The van der Waals surface area contributed by atoms with Gasteiger partial charge in [0.05, 0.1) is 23.2 Å². The number of likely N-dealkylation sites (N-methyl/N-ethyl adjacent to an activating group) is 1. The summed E-state index contributed by atoms with van der Waals surface area (Å²) in [5.74, 6) is 0.177. The van der Waals surface area contributed by atoms with Crippen LogP contribution in [-0.2, 0) is 11.2 Å². The van der Waals surface area contributed by atoms with Crippen molar-refractivity contribution in [3.05, 3.63) is 29.3 Å². The molecule has 0 unspecified atom stereocenters. The van der Waals surface area contributed by atoms with Crippen molar-refractivity contribution in [3.8, 4) is 0 Å². The number of rotatable bonds is 4. The predicted molar refractivity (Wildman–Crippen MR) is 62.3 cm³/mol. The molecule has 0 aliphatic carbocycles. The van der Waals surface area contributed by atoms with E-state index in [1.165, 1.54) is 0 Å². The first kappa shape index (κ1) is 10.3. The Hall–Kier alpha value is -1.26. The molecule has 0 bridgehead atoms. The Kier molecular flexibility index (Phi) is 3.08. The topological polar surface area (TPSA) is 42.0 Å². The van der Waals surface area contributed by atoms with Crippen LogP contribution in [0.25, 0.3) is 10.2 Å². The van der Waals surface area contributed by atoms with Gasteiger partial charge in [-0.25, -0.2) is 4.98 Å². The molecule has 15 heavy (non-hydrogen) atoms. The molecule has 1 aromatic carbocycles. The Morgan fingerprint density at radius 2 is 2.27 bits per heavy atom. The van der Waals surface area contributed by atoms with Crippen LogP contribution in [0, 0.1) is 0 Å². The third-order valence-electron chi connectivity index (χ3n) is 2.06. The van der Waals surface area contributed by atoms with Gasteiger partial charge in [-0.05, 0) is 19.2 Å². The lowest BCUT2D eigenvalue weighted by molar-refractivity contribution is -0.117. The highest BCUT2D eigenvalue weighted by Crippen LogP contribution is 2.21. The number of para-hydroxylation sites is 1. The lowest BCUT2D eigenvalue weighted by atomic mass is 10.3. The van der Waals surface area contributed by atoms with Crippen LogP contribution in [0.15, 0.2) is 24.3 Å². The highest BCUT2D eigenvalue weighted by molar-refractivity contribution is 7.18. The monoisotopic (exact) mass is 220 g/mol. The number of hydrogen-bond donors (Lipinski definition) is 1. The third-order valence-corrected chi connectivity index (χ3v) is 3.10. The van der Waals surface area contributed by atoms with E-state index >= 15 is 0 Å². The SMILES string of the molecule is CNCC(=O)Cc1nc2ccccc2s1. The number of nitrogens with zero attached hydrogens (tertiary/aromatic N) is 1. The molecule has 78 valence electrons. The van der Waals surface area contributed by atoms with E-state index in [2.05, 4.69) is 10.3 Å². The fraction of sp³-hybridized carbons (Fsp3) is 0.273. The minimum atomic E-state index is 0.177. The summed E-state index contributed by atoms with van der Waals surface area (Å²) >= 11 is 1.59. The summed E-state index contributed by atoms with van der Waals surface area (Å²) in [7, 11) is 1.77. The minimum Gasteiger partial charge on any atom is -0.313 e. The van der Waals surface area contributed by atoms with Gasteiger partial charge in [0.2, 0.25) is 0 Å². The Morgan fingerprint density at radius 1 is 1.47 bits per heavy atom. The molecular weight excluding hydrogens is 208 g/mol. The van der Waals surface area contributed by atoms with Crippen molar-refractivity contribution in [1.82, 2.24) is 10.3 Å². The molecule has 0 spiro atoms. The summed E-state index contributed by atoms with van der Waals surface area (Å²) in [5, 5.41) is 3.75. The van der Waals surface area contributed by atoms with Crippen LogP contribution in [0.2, 0.25) is 0 Å². The first-order valence-corrected chi connectivity index (χ1v) is 5.62. The second-order valence-electron chi connectivity index (χ2n) is 3.32. The fourth-order valence-electron chi connectivity index (χ4n) is 1.42. The minimum absolute atomic E-state index is 0.177. The van der Waals surface area contributed by atoms with Gasteiger partial charge in [0.1, 0.15) is 5.01 Å². The molecular formula is C11H12N2OS. The average Bonchev–Trinajstić information content (AvgIpc) is 2.59. The Balaban J connectivity index is 2.18. The van der Waals surface area contributed by atoms with Crippen LogP contribution in [0.3, 0.4) is 0 Å². The van der Waals surface area contributed by atoms with Crippen molar-refractivity contribution in [2.75, 3.05) is 13.6 Å². The summed E-state index contributed by atoms with van der Waals surface area (Å²) in [6.45, 7) is 0.413. The van der Waals surface area contributed by atoms with E-state index < -0.39 is 0 Å². The molecule has 2 rings (SSSR count). The molecule has 0 fully saturated rings. The summed E-state index contributed by atoms with van der Waals surface area (Å²) < 4.78 is 1.14. The summed E-state index contributed by atoms with van der Waals surface area (Å²) in [6.07, 6.45) is 0.431. The first-order valence-electron chi connectivity index (χ1n) is 4.80. The Labute approximate surface area is 92.1 Å². The van der Waals surface area contributed by atoms with Crippen LogP contribution < -0.4 is 5.32 Å². The van der Waals surface area contributed by atoms with E-state index in [9.17, 15) is 4.79 Å². The number of ketones is 1. The van der Waals surface area contributed by atoms with Crippen molar-refractivity contribution in [2.45, 2.75) is 6.42 Å². The van der Waals surface area contributed by atoms with E-state index in [1.54, 1.807) is 18.4 Å². The molecule has 3 nitrogen and oxygen atoms in total. The van der Waals surface area contributed by atoms with E-state index in [4.69, 9.17) is 0 Å². The second-order valence-corrected chi connectivity index (χ2v) is 4.44. The number of hydrogen-bond acceptors (Lipinski definition) is 4. The standard InChI is InChI=1S/C11H12N2OS/c1-12-7-8(14)6-11-13-9-4-2-3-5-10(9)15-11/h2-5,12H,6-7H2,1H3. The maximum absolute atomic E-state index is 11.4. The zero-order valence-corrected chi connectivity index (χ0v) is 9.30. The number of carbonyl (C=O) groups excluding carboxylic acids is 1. The molecule has 0 saturated heterocycles. The summed E-state index contributed by atoms with van der Waals surface area (Å²) in [4.78, 5) is 15.8. The van der Waals surface area contributed by atoms with Crippen LogP contribution in [0.1, 0.15) is 5.01 Å². The molecule has 4 heteroatoms. The van der Waals surface area contributed by atoms with Gasteiger partial charge in [-0.3, -0.25) is 4.79 Å². The third kappa shape index (κ3) is 2.40. The zero-order chi connectivity index (χ0) is 10.7. The Bertz CT molecular complexity index is 445. The lowest BCUT2D eigenvalue weighted by Gasteiger charge is -1.94. The highest BCUT2D eigenvalue weighted by Gasteiger charge is 2.07. The molecule has 0 aliphatic heterocycles. The number of nitrogens with one attached hydrogen (secondary N) is 1. The Morgan fingerprint density at radius 3 is 3.00 bits per heavy atom. The van der Waals surface area contributed by atoms with Crippen LogP contribution >= 0.6 is 11.3 Å². The van der Waals surface area contributed by atoms with E-state index in [-0.39, 0.29) is 5.78 Å². The number of fused-ring (bicyclic) bond motifs is 1. The second kappa shape index (κ2) is 4.51. The van der Waals surface area contributed by atoms with Crippen molar-refractivity contribution in [1.29, 1.82) is 0 Å². The number of aromatic nitrogens is 1. The van der Waals surface area contributed by atoms with E-state index in [1.807, 2.05) is 24.3 Å². The summed E-state index contributed by atoms with van der Waals surface area (Å²) in [5.41, 5.74) is 0.981. The maximum Gasteiger partial charge on any atom is 0.153 e. The van der Waals surface area contributed by atoms with Gasteiger partial charge < -0.3 is 5.32 Å². The average molecular weight is 220 g/mol. The van der Waals surface area contributed by atoms with Gasteiger partial charge in [0, 0.05) is 0 Å². The molecule has 1 N–H and O–H groups in total. The molecule has 2 aromatic rings. The summed E-state index contributed by atoms with van der Waals surface area (Å²) in [6, 6.07) is 7.94. The van der Waals surface area contributed by atoms with E-state index in [0.717, 1.165) is 15.2 Å². The van der Waals surface area contributed by atoms with Crippen molar-refractivity contribution >= 4 is 27.3 Å². The van der Waals surface area contributed by atoms with Gasteiger partial charge in [0.25, 0.3) is 0 Å². The molecule has 0 atom stereocenters. The van der Waals surface area contributed by atoms with Gasteiger partial charge in [-0.15, -0.1) is 11.3 Å². The quantitative estimate of drug-likeness (QED) is 0.851. The number of carbonyl (C=O) groups is 1. The van der Waals surface area contributed by atoms with Crippen molar-refractivity contribution in [2.24, 2.45) is 0 Å². The molecule has 0 radical (unpaired) electrons. The maximum atomic E-state index is 11.4. The van der Waals surface area contributed by atoms with Crippen LogP contribution in [0.5, 0.6) is 0 Å². The molecule has 1 aromatic heterocycles. The molecule has 0 saturated carbocycles. The van der Waals surface area contributed by atoms with Crippen LogP contribution in [0.4, 0.5) is 0 Å². The van der Waals surface area contributed by atoms with Crippen molar-refractivity contribution in [3.63, 3.8) is 0 Å². The number of benzene rings is 1. The van der Waals surface area contributed by atoms with Gasteiger partial charge >= 0.3 is 0 Å². The molecule has 0 aliphatic rings. The number of Topliss-reactive ketones (excluding diaryl/α,β-unsaturated/α-hetero) is 1. The predicted octanol–water partition coefficient (Wildman–Crippen LogP) is 1.63. The lowest BCUT2D eigenvalue weighted by Crippen LogP contribution is -2.19. The molecule has 0 amide bonds. The first-order chi connectivity index (χ1) is 7.29. The normalized spacial score (nSPS) is 10.7. The van der Waals surface area contributed by atoms with Gasteiger partial charge in [-0.2, -0.15) is 0 Å². The van der Waals surface area contributed by atoms with Gasteiger partial charge in [0.15, 0.2) is 5.78 Å². The molecule has 1 heterocycles.